The maximum atomic E-state index is 13.3. The Morgan fingerprint density at radius 3 is 2.23 bits per heavy atom. The van der Waals surface area contributed by atoms with Gasteiger partial charge in [0.2, 0.25) is 5.95 Å². The molecule has 9 heteroatoms. The van der Waals surface area contributed by atoms with Crippen LogP contribution in [0.2, 0.25) is 10.0 Å². The summed E-state index contributed by atoms with van der Waals surface area (Å²) in [5.41, 5.74) is 1.81. The molecule has 0 N–H and O–H groups in total. The Kier molecular flexibility index (Phi) is 4.45. The third-order valence-corrected chi connectivity index (χ3v) is 5.90. The number of nitrogens with zero attached hydrogens (tertiary/aromatic N) is 5. The van der Waals surface area contributed by atoms with E-state index in [4.69, 9.17) is 23.2 Å². The molecule has 0 saturated carbocycles. The molecule has 2 aromatic heterocycles. The number of hydrogen-bond acceptors (Lipinski definition) is 4. The normalized spacial score (nSPS) is 13.2. The number of imidazole rings is 1. The van der Waals surface area contributed by atoms with Gasteiger partial charge in [0.1, 0.15) is 0 Å². The first-order chi connectivity index (χ1) is 14.4. The molecule has 5 rings (SSSR count). The topological polar surface area (TPSA) is 65.1 Å². The van der Waals surface area contributed by atoms with Gasteiger partial charge in [-0.15, -0.1) is 0 Å². The molecule has 0 radical (unpaired) electrons. The van der Waals surface area contributed by atoms with E-state index in [0.717, 1.165) is 11.3 Å². The van der Waals surface area contributed by atoms with Crippen molar-refractivity contribution in [1.29, 1.82) is 0 Å². The number of halogens is 2. The highest BCUT2D eigenvalue weighted by Gasteiger charge is 2.28. The van der Waals surface area contributed by atoms with E-state index in [1.807, 2.05) is 45.9 Å². The first-order valence-corrected chi connectivity index (χ1v) is 10.2. The average molecular weight is 442 g/mol. The lowest BCUT2D eigenvalue weighted by molar-refractivity contribution is 0.652. The summed E-state index contributed by atoms with van der Waals surface area (Å²) in [6, 6.07) is 14.6. The third kappa shape index (κ3) is 2.93. The van der Waals surface area contributed by atoms with E-state index in [0.29, 0.717) is 40.2 Å². The van der Waals surface area contributed by atoms with E-state index in [1.165, 1.54) is 9.13 Å². The Balaban J connectivity index is 1.66. The number of hydrogen-bond donors (Lipinski definition) is 0. The average Bonchev–Trinajstić information content (AvgIpc) is 3.31. The van der Waals surface area contributed by atoms with Crippen molar-refractivity contribution in [2.75, 3.05) is 11.4 Å². The summed E-state index contributed by atoms with van der Waals surface area (Å²) in [6.45, 7) is 1.45. The van der Waals surface area contributed by atoms with Gasteiger partial charge in [0, 0.05) is 35.9 Å². The minimum atomic E-state index is -0.405. The maximum absolute atomic E-state index is 13.3. The molecule has 0 spiro atoms. The molecular weight excluding hydrogens is 425 g/mol. The summed E-state index contributed by atoms with van der Waals surface area (Å²) in [5.74, 6) is 0.642. The van der Waals surface area contributed by atoms with Crippen LogP contribution in [0.3, 0.4) is 0 Å². The lowest BCUT2D eigenvalue weighted by Gasteiger charge is -2.15. The van der Waals surface area contributed by atoms with Crippen molar-refractivity contribution < 1.29 is 0 Å². The fraction of sp³-hybridized carbons (Fsp3) is 0.190. The second-order valence-corrected chi connectivity index (χ2v) is 8.10. The van der Waals surface area contributed by atoms with Crippen LogP contribution in [0.25, 0.3) is 11.2 Å². The van der Waals surface area contributed by atoms with Crippen LogP contribution in [-0.2, 0) is 20.1 Å². The summed E-state index contributed by atoms with van der Waals surface area (Å²) in [4.78, 5) is 32.9. The monoisotopic (exact) mass is 441 g/mol. The van der Waals surface area contributed by atoms with Crippen LogP contribution in [0, 0.1) is 0 Å². The molecular formula is C21H17Cl2N5O2. The fourth-order valence-electron chi connectivity index (χ4n) is 3.86. The van der Waals surface area contributed by atoms with E-state index in [1.54, 1.807) is 19.2 Å². The molecule has 0 fully saturated rings. The highest BCUT2D eigenvalue weighted by Crippen LogP contribution is 2.32. The molecule has 7 nitrogen and oxygen atoms in total. The standard InChI is InChI=1S/C21H17Cl2N5O2/c1-25-18-17(19(29)28(21(25)30)12-13-2-4-14(22)5-3-13)27-11-10-26(20(27)24-18)16-8-6-15(23)7-9-16/h2-9H,10-12H2,1H3. The lowest BCUT2D eigenvalue weighted by Crippen LogP contribution is -2.40. The molecule has 0 bridgehead atoms. The molecule has 0 atom stereocenters. The van der Waals surface area contributed by atoms with Crippen molar-refractivity contribution >= 4 is 46.0 Å². The Morgan fingerprint density at radius 2 is 1.57 bits per heavy atom. The lowest BCUT2D eigenvalue weighted by atomic mass is 10.2. The minimum absolute atomic E-state index is 0.167. The summed E-state index contributed by atoms with van der Waals surface area (Å²) in [6.07, 6.45) is 0. The maximum Gasteiger partial charge on any atom is 0.332 e. The molecule has 2 aromatic carbocycles. The van der Waals surface area contributed by atoms with Crippen LogP contribution in [0.4, 0.5) is 11.6 Å². The fourth-order valence-corrected chi connectivity index (χ4v) is 4.11. The summed E-state index contributed by atoms with van der Waals surface area (Å²) >= 11 is 12.0. The number of aromatic nitrogens is 4. The largest absolute Gasteiger partial charge is 0.332 e. The van der Waals surface area contributed by atoms with Gasteiger partial charge in [-0.1, -0.05) is 35.3 Å². The highest BCUT2D eigenvalue weighted by atomic mass is 35.5. The minimum Gasteiger partial charge on any atom is -0.310 e. The predicted molar refractivity (Wildman–Crippen MR) is 118 cm³/mol. The van der Waals surface area contributed by atoms with Crippen LogP contribution in [0.1, 0.15) is 5.56 Å². The van der Waals surface area contributed by atoms with Gasteiger partial charge < -0.3 is 9.47 Å². The Morgan fingerprint density at radius 1 is 0.933 bits per heavy atom. The van der Waals surface area contributed by atoms with Crippen molar-refractivity contribution in [3.63, 3.8) is 0 Å². The van der Waals surface area contributed by atoms with Gasteiger partial charge in [-0.05, 0) is 42.0 Å². The molecule has 1 aliphatic heterocycles. The molecule has 152 valence electrons. The number of rotatable bonds is 3. The van der Waals surface area contributed by atoms with Gasteiger partial charge in [0.25, 0.3) is 5.56 Å². The molecule has 1 aliphatic rings. The Hall–Kier alpha value is -3.03. The van der Waals surface area contributed by atoms with E-state index < -0.39 is 5.69 Å². The molecule has 0 unspecified atom stereocenters. The first kappa shape index (κ1) is 19.0. The van der Waals surface area contributed by atoms with Gasteiger partial charge in [0.05, 0.1) is 6.54 Å². The summed E-state index contributed by atoms with van der Waals surface area (Å²) in [5, 5.41) is 1.25. The van der Waals surface area contributed by atoms with Gasteiger partial charge >= 0.3 is 5.69 Å². The summed E-state index contributed by atoms with van der Waals surface area (Å²) in [7, 11) is 1.64. The smallest absolute Gasteiger partial charge is 0.310 e. The van der Waals surface area contributed by atoms with Crippen LogP contribution in [-0.4, -0.2) is 25.2 Å². The van der Waals surface area contributed by atoms with Gasteiger partial charge in [-0.3, -0.25) is 13.9 Å². The van der Waals surface area contributed by atoms with Gasteiger partial charge in [0.15, 0.2) is 11.2 Å². The second kappa shape index (κ2) is 7.04. The number of anilines is 2. The molecule has 0 aliphatic carbocycles. The highest BCUT2D eigenvalue weighted by molar-refractivity contribution is 6.30. The third-order valence-electron chi connectivity index (χ3n) is 5.39. The SMILES string of the molecule is Cn1c(=O)n(Cc2ccc(Cl)cc2)c(=O)c2c1nc1n2CCN1c1ccc(Cl)cc1. The van der Waals surface area contributed by atoms with E-state index in [2.05, 4.69) is 4.98 Å². The molecule has 30 heavy (non-hydrogen) atoms. The van der Waals surface area contributed by atoms with Crippen molar-refractivity contribution in [2.45, 2.75) is 13.1 Å². The summed E-state index contributed by atoms with van der Waals surface area (Å²) < 4.78 is 4.55. The van der Waals surface area contributed by atoms with Crippen LogP contribution in [0.5, 0.6) is 0 Å². The van der Waals surface area contributed by atoms with Crippen molar-refractivity contribution in [3.05, 3.63) is 85.0 Å². The molecule has 0 amide bonds. The van der Waals surface area contributed by atoms with E-state index in [9.17, 15) is 9.59 Å². The van der Waals surface area contributed by atoms with Gasteiger partial charge in [-0.25, -0.2) is 4.79 Å². The zero-order valence-electron chi connectivity index (χ0n) is 16.0. The van der Waals surface area contributed by atoms with Crippen molar-refractivity contribution in [1.82, 2.24) is 18.7 Å². The predicted octanol–water partition coefficient (Wildman–Crippen LogP) is 3.40. The van der Waals surface area contributed by atoms with Crippen molar-refractivity contribution in [2.24, 2.45) is 7.05 Å². The van der Waals surface area contributed by atoms with E-state index >= 15 is 0 Å². The zero-order valence-corrected chi connectivity index (χ0v) is 17.6. The molecule has 4 aromatic rings. The quantitative estimate of drug-likeness (QED) is 0.488. The van der Waals surface area contributed by atoms with E-state index in [-0.39, 0.29) is 12.1 Å². The number of benzene rings is 2. The number of aryl methyl sites for hydroxylation is 1. The Bertz CT molecular complexity index is 1380. The molecule has 0 saturated heterocycles. The van der Waals surface area contributed by atoms with Crippen LogP contribution in [0.15, 0.2) is 58.1 Å². The van der Waals surface area contributed by atoms with Gasteiger partial charge in [-0.2, -0.15) is 4.98 Å². The van der Waals surface area contributed by atoms with Crippen molar-refractivity contribution in [3.8, 4) is 0 Å². The first-order valence-electron chi connectivity index (χ1n) is 9.41. The zero-order chi connectivity index (χ0) is 21.0. The molecule has 3 heterocycles. The second-order valence-electron chi connectivity index (χ2n) is 7.22. The van der Waals surface area contributed by atoms with Crippen LogP contribution >= 0.6 is 23.2 Å². The number of fused-ring (bicyclic) bond motifs is 3. The van der Waals surface area contributed by atoms with Crippen LogP contribution < -0.4 is 16.1 Å². The Labute approximate surface area is 181 Å².